The Kier molecular flexibility index (Phi) is 4.92. The number of pyridine rings is 1. The molecule has 114 valence electrons. The van der Waals surface area contributed by atoms with Crippen LogP contribution in [0.2, 0.25) is 0 Å². The number of para-hydroxylation sites is 1. The normalized spacial score (nSPS) is 13.5. The fourth-order valence-corrected chi connectivity index (χ4v) is 3.70. The monoisotopic (exact) mass is 308 g/mol. The summed E-state index contributed by atoms with van der Waals surface area (Å²) in [5.41, 5.74) is 1.46. The van der Waals surface area contributed by atoms with Crippen molar-refractivity contribution in [2.45, 2.75) is 37.6 Å². The van der Waals surface area contributed by atoms with Gasteiger partial charge in [-0.25, -0.2) is 13.1 Å². The van der Waals surface area contributed by atoms with Crippen LogP contribution in [0.3, 0.4) is 0 Å². The minimum Gasteiger partial charge on any atom is -0.396 e. The van der Waals surface area contributed by atoms with Crippen LogP contribution in [0.15, 0.2) is 35.4 Å². The minimum atomic E-state index is -3.62. The molecule has 0 aliphatic carbocycles. The summed E-state index contributed by atoms with van der Waals surface area (Å²) in [5.74, 6) is 0. The van der Waals surface area contributed by atoms with Gasteiger partial charge in [0.15, 0.2) is 0 Å². The predicted molar refractivity (Wildman–Crippen MR) is 82.6 cm³/mol. The van der Waals surface area contributed by atoms with Crippen molar-refractivity contribution in [2.24, 2.45) is 0 Å². The minimum absolute atomic E-state index is 0.0567. The van der Waals surface area contributed by atoms with E-state index in [4.69, 9.17) is 5.11 Å². The zero-order valence-electron chi connectivity index (χ0n) is 12.2. The molecule has 2 rings (SSSR count). The van der Waals surface area contributed by atoms with E-state index >= 15 is 0 Å². The van der Waals surface area contributed by atoms with E-state index in [2.05, 4.69) is 9.71 Å². The van der Waals surface area contributed by atoms with Crippen LogP contribution in [-0.4, -0.2) is 31.2 Å². The molecule has 0 saturated heterocycles. The summed E-state index contributed by atoms with van der Waals surface area (Å²) in [5, 5.41) is 9.62. The van der Waals surface area contributed by atoms with Gasteiger partial charge in [0, 0.05) is 24.2 Å². The first kappa shape index (κ1) is 15.9. The van der Waals surface area contributed by atoms with Gasteiger partial charge >= 0.3 is 0 Å². The van der Waals surface area contributed by atoms with Crippen molar-refractivity contribution < 1.29 is 13.5 Å². The molecule has 0 saturated carbocycles. The number of aromatic nitrogens is 1. The lowest BCUT2D eigenvalue weighted by molar-refractivity contribution is 0.279. The van der Waals surface area contributed by atoms with E-state index in [0.29, 0.717) is 18.4 Å². The third-order valence-corrected chi connectivity index (χ3v) is 4.87. The highest BCUT2D eigenvalue weighted by atomic mass is 32.2. The van der Waals surface area contributed by atoms with Crippen molar-refractivity contribution in [1.82, 2.24) is 9.71 Å². The van der Waals surface area contributed by atoms with Crippen LogP contribution >= 0.6 is 0 Å². The molecule has 21 heavy (non-hydrogen) atoms. The molecule has 2 aromatic rings. The predicted octanol–water partition coefficient (Wildman–Crippen LogP) is 1.98. The number of benzene rings is 1. The van der Waals surface area contributed by atoms with E-state index in [-0.39, 0.29) is 17.5 Å². The fourth-order valence-electron chi connectivity index (χ4n) is 2.24. The van der Waals surface area contributed by atoms with Gasteiger partial charge in [0.25, 0.3) is 0 Å². The van der Waals surface area contributed by atoms with Gasteiger partial charge in [0.1, 0.15) is 4.90 Å². The molecular weight excluding hydrogens is 288 g/mol. The highest BCUT2D eigenvalue weighted by Gasteiger charge is 2.20. The Bertz CT molecular complexity index is 729. The van der Waals surface area contributed by atoms with Gasteiger partial charge in [-0.15, -0.1) is 0 Å². The van der Waals surface area contributed by atoms with E-state index in [9.17, 15) is 8.42 Å². The molecule has 0 aliphatic rings. The van der Waals surface area contributed by atoms with E-state index in [1.54, 1.807) is 25.3 Å². The molecule has 0 bridgehead atoms. The first-order chi connectivity index (χ1) is 9.94. The van der Waals surface area contributed by atoms with E-state index in [0.717, 1.165) is 10.9 Å². The quantitative estimate of drug-likeness (QED) is 0.855. The first-order valence-corrected chi connectivity index (χ1v) is 8.41. The summed E-state index contributed by atoms with van der Waals surface area (Å²) >= 11 is 0. The second kappa shape index (κ2) is 6.51. The van der Waals surface area contributed by atoms with Crippen LogP contribution in [0.25, 0.3) is 10.9 Å². The summed E-state index contributed by atoms with van der Waals surface area (Å²) in [6.07, 6.45) is 2.82. The molecule has 1 heterocycles. The van der Waals surface area contributed by atoms with E-state index < -0.39 is 10.0 Å². The number of aryl methyl sites for hydroxylation is 1. The molecule has 1 aromatic heterocycles. The summed E-state index contributed by atoms with van der Waals surface area (Å²) < 4.78 is 27.6. The fraction of sp³-hybridized carbons (Fsp3) is 0.400. The van der Waals surface area contributed by atoms with Crippen molar-refractivity contribution in [2.75, 3.05) is 6.61 Å². The van der Waals surface area contributed by atoms with Crippen molar-refractivity contribution in [3.05, 3.63) is 36.0 Å². The number of nitrogens with one attached hydrogen (secondary N) is 1. The smallest absolute Gasteiger partial charge is 0.242 e. The SMILES string of the molecule is Cc1cnc2c(S(=O)(=O)NC(C)CCCO)cccc2c1. The number of aliphatic hydroxyl groups excluding tert-OH is 1. The molecule has 0 amide bonds. The van der Waals surface area contributed by atoms with Gasteiger partial charge in [-0.3, -0.25) is 4.98 Å². The summed E-state index contributed by atoms with van der Waals surface area (Å²) in [6, 6.07) is 6.81. The van der Waals surface area contributed by atoms with Crippen molar-refractivity contribution >= 4 is 20.9 Å². The zero-order valence-corrected chi connectivity index (χ0v) is 13.0. The van der Waals surface area contributed by atoms with Gasteiger partial charge < -0.3 is 5.11 Å². The molecule has 1 aromatic carbocycles. The number of aliphatic hydroxyl groups is 1. The van der Waals surface area contributed by atoms with Crippen LogP contribution in [0, 0.1) is 6.92 Å². The topological polar surface area (TPSA) is 79.3 Å². The molecular formula is C15H20N2O3S. The van der Waals surface area contributed by atoms with Gasteiger partial charge in [-0.1, -0.05) is 12.1 Å². The molecule has 0 radical (unpaired) electrons. The largest absolute Gasteiger partial charge is 0.396 e. The highest BCUT2D eigenvalue weighted by Crippen LogP contribution is 2.22. The van der Waals surface area contributed by atoms with Gasteiger partial charge in [0.05, 0.1) is 5.52 Å². The van der Waals surface area contributed by atoms with Gasteiger partial charge in [-0.05, 0) is 44.4 Å². The van der Waals surface area contributed by atoms with Crippen molar-refractivity contribution in [1.29, 1.82) is 0 Å². The highest BCUT2D eigenvalue weighted by molar-refractivity contribution is 7.89. The Morgan fingerprint density at radius 3 is 2.86 bits per heavy atom. The van der Waals surface area contributed by atoms with Crippen LogP contribution < -0.4 is 4.72 Å². The zero-order chi connectivity index (χ0) is 15.5. The Morgan fingerprint density at radius 2 is 2.14 bits per heavy atom. The Labute approximate surface area is 125 Å². The molecule has 1 atom stereocenters. The lowest BCUT2D eigenvalue weighted by Gasteiger charge is -2.14. The third-order valence-electron chi connectivity index (χ3n) is 3.25. The molecule has 1 unspecified atom stereocenters. The van der Waals surface area contributed by atoms with Gasteiger partial charge in [-0.2, -0.15) is 0 Å². The molecule has 0 fully saturated rings. The van der Waals surface area contributed by atoms with Crippen LogP contribution in [0.5, 0.6) is 0 Å². The molecule has 2 N–H and O–H groups in total. The summed E-state index contributed by atoms with van der Waals surface area (Å²) in [4.78, 5) is 4.45. The summed E-state index contributed by atoms with van der Waals surface area (Å²) in [6.45, 7) is 3.76. The van der Waals surface area contributed by atoms with Crippen LogP contribution in [-0.2, 0) is 10.0 Å². The molecule has 5 nitrogen and oxygen atoms in total. The lowest BCUT2D eigenvalue weighted by atomic mass is 10.2. The van der Waals surface area contributed by atoms with E-state index in [1.807, 2.05) is 19.1 Å². The average molecular weight is 308 g/mol. The molecule has 0 aliphatic heterocycles. The third kappa shape index (κ3) is 3.78. The second-order valence-corrected chi connectivity index (χ2v) is 6.91. The molecule has 6 heteroatoms. The number of hydrogen-bond acceptors (Lipinski definition) is 4. The Hall–Kier alpha value is -1.50. The number of nitrogens with zero attached hydrogens (tertiary/aromatic N) is 1. The standard InChI is InChI=1S/C15H20N2O3S/c1-11-9-13-6-3-7-14(15(13)16-10-11)21(19,20)17-12(2)5-4-8-18/h3,6-7,9-10,12,17-18H,4-5,8H2,1-2H3. The number of fused-ring (bicyclic) bond motifs is 1. The van der Waals surface area contributed by atoms with Crippen molar-refractivity contribution in [3.8, 4) is 0 Å². The Morgan fingerprint density at radius 1 is 1.38 bits per heavy atom. The first-order valence-electron chi connectivity index (χ1n) is 6.92. The van der Waals surface area contributed by atoms with Gasteiger partial charge in [0.2, 0.25) is 10.0 Å². The lowest BCUT2D eigenvalue weighted by Crippen LogP contribution is -2.32. The maximum Gasteiger partial charge on any atom is 0.242 e. The Balaban J connectivity index is 2.36. The van der Waals surface area contributed by atoms with E-state index in [1.165, 1.54) is 0 Å². The number of rotatable bonds is 6. The summed E-state index contributed by atoms with van der Waals surface area (Å²) in [7, 11) is -3.62. The number of hydrogen-bond donors (Lipinski definition) is 2. The average Bonchev–Trinajstić information content (AvgIpc) is 2.43. The number of sulfonamides is 1. The maximum absolute atomic E-state index is 12.5. The second-order valence-electron chi connectivity index (χ2n) is 5.23. The van der Waals surface area contributed by atoms with Crippen molar-refractivity contribution in [3.63, 3.8) is 0 Å². The molecule has 0 spiro atoms. The maximum atomic E-state index is 12.5. The van der Waals surface area contributed by atoms with Crippen LogP contribution in [0.4, 0.5) is 0 Å². The van der Waals surface area contributed by atoms with Crippen LogP contribution in [0.1, 0.15) is 25.3 Å².